The maximum Gasteiger partial charge on any atom is 0.460 e. The van der Waals surface area contributed by atoms with Gasteiger partial charge in [-0.2, -0.15) is 13.2 Å². The molecule has 0 atom stereocenters. The first kappa shape index (κ1) is 10.3. The minimum atomic E-state index is -4.94. The maximum absolute atomic E-state index is 11.3. The molecule has 0 aliphatic heterocycles. The second-order valence-electron chi connectivity index (χ2n) is 1.47. The molecule has 3 nitrogen and oxygen atoms in total. The minimum absolute atomic E-state index is 0.272. The molecule has 0 saturated heterocycles. The van der Waals surface area contributed by atoms with Crippen LogP contribution < -0.4 is 0 Å². The van der Waals surface area contributed by atoms with E-state index in [1.54, 1.807) is 0 Å². The van der Waals surface area contributed by atoms with Crippen molar-refractivity contribution in [2.75, 3.05) is 5.75 Å². The second kappa shape index (κ2) is 3.61. The van der Waals surface area contributed by atoms with E-state index in [2.05, 4.69) is 0 Å². The summed E-state index contributed by atoms with van der Waals surface area (Å²) in [6, 6.07) is 0. The highest BCUT2D eigenvalue weighted by atomic mass is 32.2. The lowest BCUT2D eigenvalue weighted by molar-refractivity contribution is -0.160. The molecule has 0 spiro atoms. The topological polar surface area (TPSA) is 54.4 Å². The summed E-state index contributed by atoms with van der Waals surface area (Å²) in [6.07, 6.45) is -4.94. The first-order chi connectivity index (χ1) is 4.84. The Kier molecular flexibility index (Phi) is 3.37. The molecule has 0 radical (unpaired) electrons. The third-order valence-corrected chi connectivity index (χ3v) is 1.44. The first-order valence-electron chi connectivity index (χ1n) is 2.30. The monoisotopic (exact) mass is 188 g/mol. The van der Waals surface area contributed by atoms with E-state index >= 15 is 0 Å². The Morgan fingerprint density at radius 2 is 1.82 bits per heavy atom. The normalized spacial score (nSPS) is 11.2. The summed E-state index contributed by atoms with van der Waals surface area (Å²) >= 11 is -0.272. The molecule has 0 aliphatic rings. The fourth-order valence-electron chi connectivity index (χ4n) is 0.209. The average molecular weight is 188 g/mol. The van der Waals surface area contributed by atoms with Gasteiger partial charge in [0, 0.05) is 0 Å². The van der Waals surface area contributed by atoms with E-state index in [1.807, 2.05) is 0 Å². The smallest absolute Gasteiger partial charge is 0.460 e. The Balaban J connectivity index is 3.80. The molecular weight excluding hydrogens is 185 g/mol. The van der Waals surface area contributed by atoms with E-state index < -0.39 is 23.0 Å². The predicted molar refractivity (Wildman–Crippen MR) is 31.2 cm³/mol. The molecule has 0 aromatic rings. The summed E-state index contributed by atoms with van der Waals surface area (Å²) in [4.78, 5) is 19.6. The summed E-state index contributed by atoms with van der Waals surface area (Å²) in [6.45, 7) is 0. The summed E-state index contributed by atoms with van der Waals surface area (Å²) in [5, 5.41) is 5.80. The summed E-state index contributed by atoms with van der Waals surface area (Å²) < 4.78 is 34.0. The van der Waals surface area contributed by atoms with Gasteiger partial charge in [-0.1, -0.05) is 11.8 Å². The Labute approximate surface area is 63.6 Å². The molecule has 0 unspecified atom stereocenters. The van der Waals surface area contributed by atoms with Gasteiger partial charge in [0.15, 0.2) is 0 Å². The molecule has 1 N–H and O–H groups in total. The van der Waals surface area contributed by atoms with Crippen LogP contribution in [0.5, 0.6) is 0 Å². The molecule has 0 saturated carbocycles. The van der Waals surface area contributed by atoms with Crippen LogP contribution in [0.4, 0.5) is 13.2 Å². The first-order valence-corrected chi connectivity index (χ1v) is 3.28. The number of carboxylic acids is 1. The highest BCUT2D eigenvalue weighted by Gasteiger charge is 2.38. The van der Waals surface area contributed by atoms with Gasteiger partial charge in [-0.05, 0) is 0 Å². The summed E-state index contributed by atoms with van der Waals surface area (Å²) in [5.74, 6) is -2.31. The van der Waals surface area contributed by atoms with Crippen LogP contribution in [0.2, 0.25) is 0 Å². The predicted octanol–water partition coefficient (Wildman–Crippen LogP) is 0.893. The zero-order chi connectivity index (χ0) is 9.07. The van der Waals surface area contributed by atoms with Gasteiger partial charge in [0.1, 0.15) is 0 Å². The molecule has 0 amide bonds. The lowest BCUT2D eigenvalue weighted by Crippen LogP contribution is -2.20. The van der Waals surface area contributed by atoms with E-state index in [0.717, 1.165) is 0 Å². The van der Waals surface area contributed by atoms with Crippen LogP contribution in [0.25, 0.3) is 0 Å². The van der Waals surface area contributed by atoms with Crippen LogP contribution >= 0.6 is 11.8 Å². The second-order valence-corrected chi connectivity index (χ2v) is 2.42. The molecule has 0 heterocycles. The number of thioether (sulfide) groups is 1. The van der Waals surface area contributed by atoms with E-state index in [-0.39, 0.29) is 11.8 Å². The Bertz CT molecular complexity index is 176. The fourth-order valence-corrected chi connectivity index (χ4v) is 0.627. The fraction of sp³-hybridized carbons (Fsp3) is 0.500. The number of carboxylic acid groups (broad SMARTS) is 1. The quantitative estimate of drug-likeness (QED) is 0.699. The van der Waals surface area contributed by atoms with Crippen LogP contribution in [-0.2, 0) is 9.59 Å². The SMILES string of the molecule is O=C(O)CSC(=O)C(F)(F)F. The summed E-state index contributed by atoms with van der Waals surface area (Å²) in [7, 11) is 0. The largest absolute Gasteiger partial charge is 0.481 e. The Hall–Kier alpha value is -0.720. The molecule has 0 fully saturated rings. The van der Waals surface area contributed by atoms with Crippen molar-refractivity contribution in [1.82, 2.24) is 0 Å². The standard InChI is InChI=1S/C4H3F3O3S/c5-4(6,7)3(10)11-1-2(8)9/h1H2,(H,8,9). The van der Waals surface area contributed by atoms with Crippen LogP contribution in [0.3, 0.4) is 0 Å². The number of rotatable bonds is 2. The molecule has 7 heteroatoms. The third kappa shape index (κ3) is 4.65. The van der Waals surface area contributed by atoms with Crippen LogP contribution in [0.1, 0.15) is 0 Å². The van der Waals surface area contributed by atoms with Gasteiger partial charge in [0.05, 0.1) is 5.75 Å². The van der Waals surface area contributed by atoms with Crippen molar-refractivity contribution in [1.29, 1.82) is 0 Å². The third-order valence-electron chi connectivity index (χ3n) is 0.558. The molecule has 0 rings (SSSR count). The Morgan fingerprint density at radius 3 is 2.09 bits per heavy atom. The number of carbonyl (C=O) groups excluding carboxylic acids is 1. The van der Waals surface area contributed by atoms with Crippen molar-refractivity contribution in [3.63, 3.8) is 0 Å². The molecule has 0 bridgehead atoms. The summed E-state index contributed by atoms with van der Waals surface area (Å²) in [5.41, 5.74) is 0. The van der Waals surface area contributed by atoms with E-state index in [4.69, 9.17) is 5.11 Å². The van der Waals surface area contributed by atoms with Crippen molar-refractivity contribution in [2.24, 2.45) is 0 Å². The number of halogens is 3. The van der Waals surface area contributed by atoms with Crippen molar-refractivity contribution < 1.29 is 27.9 Å². The molecule has 11 heavy (non-hydrogen) atoms. The van der Waals surface area contributed by atoms with Gasteiger partial charge in [0.25, 0.3) is 5.12 Å². The number of alkyl halides is 3. The van der Waals surface area contributed by atoms with Crippen molar-refractivity contribution in [2.45, 2.75) is 6.18 Å². The number of carbonyl (C=O) groups is 2. The highest BCUT2D eigenvalue weighted by molar-refractivity contribution is 8.14. The van der Waals surface area contributed by atoms with E-state index in [0.29, 0.717) is 0 Å². The van der Waals surface area contributed by atoms with Gasteiger partial charge in [-0.15, -0.1) is 0 Å². The highest BCUT2D eigenvalue weighted by Crippen LogP contribution is 2.22. The van der Waals surface area contributed by atoms with Crippen LogP contribution in [0.15, 0.2) is 0 Å². The molecule has 0 aromatic heterocycles. The van der Waals surface area contributed by atoms with Crippen molar-refractivity contribution >= 4 is 22.8 Å². The van der Waals surface area contributed by atoms with E-state index in [1.165, 1.54) is 0 Å². The molecule has 0 aliphatic carbocycles. The van der Waals surface area contributed by atoms with Gasteiger partial charge >= 0.3 is 12.1 Å². The molecule has 64 valence electrons. The van der Waals surface area contributed by atoms with Gasteiger partial charge in [0.2, 0.25) is 0 Å². The van der Waals surface area contributed by atoms with Crippen LogP contribution in [0, 0.1) is 0 Å². The van der Waals surface area contributed by atoms with Crippen LogP contribution in [-0.4, -0.2) is 28.1 Å². The average Bonchev–Trinajstić information content (AvgIpc) is 1.80. The number of hydrogen-bond donors (Lipinski definition) is 1. The minimum Gasteiger partial charge on any atom is -0.481 e. The van der Waals surface area contributed by atoms with Gasteiger partial charge < -0.3 is 5.11 Å². The lowest BCUT2D eigenvalue weighted by Gasteiger charge is -2.01. The maximum atomic E-state index is 11.3. The van der Waals surface area contributed by atoms with Gasteiger partial charge in [-0.3, -0.25) is 9.59 Å². The van der Waals surface area contributed by atoms with Crippen molar-refractivity contribution in [3.05, 3.63) is 0 Å². The van der Waals surface area contributed by atoms with E-state index in [9.17, 15) is 22.8 Å². The zero-order valence-corrected chi connectivity index (χ0v) is 5.83. The number of aliphatic carboxylic acids is 1. The number of hydrogen-bond acceptors (Lipinski definition) is 3. The molecular formula is C4H3F3O3S. The molecule has 0 aromatic carbocycles. The van der Waals surface area contributed by atoms with Crippen molar-refractivity contribution in [3.8, 4) is 0 Å². The zero-order valence-electron chi connectivity index (χ0n) is 5.01. The van der Waals surface area contributed by atoms with Gasteiger partial charge in [-0.25, -0.2) is 0 Å². The lowest BCUT2D eigenvalue weighted by atomic mass is 10.7. The Morgan fingerprint density at radius 1 is 1.36 bits per heavy atom.